The molecule has 0 aliphatic heterocycles. The Morgan fingerprint density at radius 2 is 1.38 bits per heavy atom. The first-order valence-corrected chi connectivity index (χ1v) is 1.43. The summed E-state index contributed by atoms with van der Waals surface area (Å²) in [4.78, 5) is 0. The van der Waals surface area contributed by atoms with Crippen LogP contribution < -0.4 is 17.0 Å². The molecule has 0 radical (unpaired) electrons. The topological polar surface area (TPSA) is 0 Å². The van der Waals surface area contributed by atoms with Crippen molar-refractivity contribution in [3.63, 3.8) is 0 Å². The summed E-state index contributed by atoms with van der Waals surface area (Å²) < 4.78 is 32.2. The van der Waals surface area contributed by atoms with Crippen molar-refractivity contribution >= 4 is 23.1 Å². The van der Waals surface area contributed by atoms with Crippen LogP contribution in [-0.4, -0.2) is 29.2 Å². The van der Waals surface area contributed by atoms with Crippen molar-refractivity contribution in [1.82, 2.24) is 0 Å². The van der Waals surface area contributed by atoms with E-state index < -0.39 is 6.18 Å². The molecule has 46 valence electrons. The van der Waals surface area contributed by atoms with Crippen molar-refractivity contribution in [3.8, 4) is 0 Å². The summed E-state index contributed by atoms with van der Waals surface area (Å²) in [5.74, 6) is 0. The molecule has 0 amide bonds. The van der Waals surface area contributed by atoms with Gasteiger partial charge in [-0.15, -0.1) is 0 Å². The molecule has 0 aromatic carbocycles. The van der Waals surface area contributed by atoms with E-state index in [4.69, 9.17) is 0 Å². The Morgan fingerprint density at radius 3 is 1.38 bits per heavy atom. The maximum Gasteiger partial charge on any atom is 2.00 e. The predicted octanol–water partition coefficient (Wildman–Crippen LogP) is -1.60. The van der Waals surface area contributed by atoms with E-state index in [0.29, 0.717) is 0 Å². The average Bonchev–Trinajstić information content (AvgIpc) is 1.35. The van der Waals surface area contributed by atoms with Crippen LogP contribution in [0.15, 0.2) is 0 Å². The molecule has 0 rings (SSSR count). The van der Waals surface area contributed by atoms with Crippen LogP contribution in [0.5, 0.6) is 0 Å². The van der Waals surface area contributed by atoms with Crippen LogP contribution in [0.2, 0.25) is 0 Å². The van der Waals surface area contributed by atoms with E-state index in [-0.39, 0.29) is 46.5 Å². The number of hydrogen-bond acceptors (Lipinski definition) is 0. The first-order chi connectivity index (χ1) is 2.56. The maximum atomic E-state index is 10.7. The number of rotatable bonds is 0. The zero-order valence-electron chi connectivity index (χ0n) is 4.30. The molecule has 0 unspecified atom stereocenters. The molecule has 8 heavy (non-hydrogen) atoms. The van der Waals surface area contributed by atoms with Crippen LogP contribution in [0.4, 0.5) is 13.2 Å². The average molecular weight is 201 g/mol. The molecule has 0 N–H and O–H groups in total. The summed E-state index contributed by atoms with van der Waals surface area (Å²) in [6.07, 6.45) is -3.90. The Morgan fingerprint density at radius 1 is 1.25 bits per heavy atom. The third-order valence-electron chi connectivity index (χ3n) is 0.327. The second-order valence-electron chi connectivity index (χ2n) is 0.830. The Labute approximate surface area is 72.7 Å². The van der Waals surface area contributed by atoms with Crippen molar-refractivity contribution in [1.29, 1.82) is 0 Å². The van der Waals surface area contributed by atoms with E-state index >= 15 is 0 Å². The van der Waals surface area contributed by atoms with Crippen molar-refractivity contribution in [2.45, 2.75) is 13.1 Å². The summed E-state index contributed by atoms with van der Waals surface area (Å²) in [5, 5.41) is 0. The summed E-state index contributed by atoms with van der Waals surface area (Å²) in [7, 11) is 0. The fourth-order valence-electron chi connectivity index (χ4n) is 0. The van der Waals surface area contributed by atoms with Crippen LogP contribution in [0, 0.1) is 6.42 Å². The smallest absolute Gasteiger partial charge is 1.00 e. The molecule has 0 saturated heterocycles. The molecule has 0 atom stereocenters. The molecule has 0 aliphatic carbocycles. The van der Waals surface area contributed by atoms with Gasteiger partial charge in [0, 0.05) is 0 Å². The van der Waals surface area contributed by atoms with Gasteiger partial charge in [-0.3, -0.25) is 0 Å². The molecular weight excluding hydrogens is 197 g/mol. The van der Waals surface area contributed by atoms with E-state index in [1.54, 1.807) is 0 Å². The SMILES string of the molecule is C[CH-]C(F)(F)F.[Br-].[Mg+2]. The Balaban J connectivity index is -0.000000125. The van der Waals surface area contributed by atoms with Crippen LogP contribution in [0.25, 0.3) is 0 Å². The van der Waals surface area contributed by atoms with E-state index in [1.807, 2.05) is 0 Å². The van der Waals surface area contributed by atoms with Crippen molar-refractivity contribution in [2.75, 3.05) is 0 Å². The summed E-state index contributed by atoms with van der Waals surface area (Å²) >= 11 is 0. The monoisotopic (exact) mass is 200 g/mol. The molecule has 0 bridgehead atoms. The Bertz CT molecular complexity index is 44.3. The van der Waals surface area contributed by atoms with Gasteiger partial charge in [0.25, 0.3) is 6.18 Å². The van der Waals surface area contributed by atoms with Gasteiger partial charge >= 0.3 is 23.1 Å². The minimum atomic E-state index is -4.08. The molecule has 0 fully saturated rings. The normalized spacial score (nSPS) is 9.00. The summed E-state index contributed by atoms with van der Waals surface area (Å²) in [6.45, 7) is 0.958. The van der Waals surface area contributed by atoms with Crippen LogP contribution >= 0.6 is 0 Å². The van der Waals surface area contributed by atoms with Crippen molar-refractivity contribution in [3.05, 3.63) is 6.42 Å². The van der Waals surface area contributed by atoms with E-state index in [9.17, 15) is 13.2 Å². The molecule has 0 aromatic rings. The summed E-state index contributed by atoms with van der Waals surface area (Å²) in [6, 6.07) is 0. The van der Waals surface area contributed by atoms with Gasteiger partial charge in [0.1, 0.15) is 0 Å². The molecule has 0 nitrogen and oxygen atoms in total. The zero-order valence-corrected chi connectivity index (χ0v) is 7.30. The van der Waals surface area contributed by atoms with Gasteiger partial charge in [-0.1, -0.05) is 0 Å². The summed E-state index contributed by atoms with van der Waals surface area (Å²) in [5.41, 5.74) is 0. The van der Waals surface area contributed by atoms with Gasteiger partial charge in [-0.05, 0) is 0 Å². The van der Waals surface area contributed by atoms with Crippen LogP contribution in [0.1, 0.15) is 6.92 Å². The molecule has 0 aliphatic rings. The Hall–Kier alpha value is 1.04. The second-order valence-corrected chi connectivity index (χ2v) is 0.830. The van der Waals surface area contributed by atoms with Gasteiger partial charge in [-0.2, -0.15) is 6.92 Å². The molecule has 0 saturated carbocycles. The second kappa shape index (κ2) is 6.16. The fourth-order valence-corrected chi connectivity index (χ4v) is 0. The van der Waals surface area contributed by atoms with Crippen molar-refractivity contribution in [2.24, 2.45) is 0 Å². The number of alkyl halides is 3. The van der Waals surface area contributed by atoms with E-state index in [2.05, 4.69) is 0 Å². The quantitative estimate of drug-likeness (QED) is 0.327. The number of halogens is 4. The molecule has 5 heteroatoms. The molecule has 0 spiro atoms. The predicted molar refractivity (Wildman–Crippen MR) is 21.8 cm³/mol. The third-order valence-corrected chi connectivity index (χ3v) is 0.327. The Kier molecular flexibility index (Phi) is 12.3. The zero-order chi connectivity index (χ0) is 5.21. The molecular formula is C3H4BrF3Mg. The minimum absolute atomic E-state index is 0. The van der Waals surface area contributed by atoms with E-state index in [0.717, 1.165) is 6.92 Å². The first kappa shape index (κ1) is 16.0. The van der Waals surface area contributed by atoms with Gasteiger partial charge in [0.05, 0.1) is 0 Å². The minimum Gasteiger partial charge on any atom is -1.00 e. The van der Waals surface area contributed by atoms with Crippen LogP contribution in [0.3, 0.4) is 0 Å². The molecule has 0 aromatic heterocycles. The standard InChI is InChI=1S/C3H4F3.BrH.Mg/c1-2-3(4,5)6;;/h2H,1H3;1H;/q-1;;+2/p-1. The third kappa shape index (κ3) is 15.7. The number of hydrogen-bond donors (Lipinski definition) is 0. The fraction of sp³-hybridized carbons (Fsp3) is 0.667. The van der Waals surface area contributed by atoms with E-state index in [1.165, 1.54) is 0 Å². The molecule has 0 heterocycles. The first-order valence-electron chi connectivity index (χ1n) is 1.43. The largest absolute Gasteiger partial charge is 2.00 e. The maximum absolute atomic E-state index is 10.7. The van der Waals surface area contributed by atoms with Gasteiger partial charge in [0.15, 0.2) is 0 Å². The van der Waals surface area contributed by atoms with Gasteiger partial charge in [0.2, 0.25) is 0 Å². The van der Waals surface area contributed by atoms with Gasteiger partial charge in [-0.25, -0.2) is 19.6 Å². The van der Waals surface area contributed by atoms with Crippen LogP contribution in [-0.2, 0) is 0 Å². The van der Waals surface area contributed by atoms with Gasteiger partial charge < -0.3 is 17.0 Å². The van der Waals surface area contributed by atoms with Crippen molar-refractivity contribution < 1.29 is 30.2 Å².